The van der Waals surface area contributed by atoms with Crippen molar-refractivity contribution in [3.63, 3.8) is 0 Å². The summed E-state index contributed by atoms with van der Waals surface area (Å²) in [6.45, 7) is 4.78. The van der Waals surface area contributed by atoms with Gasteiger partial charge in [-0.2, -0.15) is 0 Å². The van der Waals surface area contributed by atoms with Crippen molar-refractivity contribution in [1.29, 1.82) is 0 Å². The molecule has 0 saturated carbocycles. The van der Waals surface area contributed by atoms with Gasteiger partial charge in [0.25, 0.3) is 0 Å². The summed E-state index contributed by atoms with van der Waals surface area (Å²) in [6.07, 6.45) is 0.983. The van der Waals surface area contributed by atoms with Crippen LogP contribution in [0.1, 0.15) is 19.2 Å². The van der Waals surface area contributed by atoms with Crippen LogP contribution in [-0.4, -0.2) is 25.1 Å². The van der Waals surface area contributed by atoms with Crippen LogP contribution < -0.4 is 5.73 Å². The zero-order chi connectivity index (χ0) is 10.8. The lowest BCUT2D eigenvalue weighted by atomic mass is 10.3. The van der Waals surface area contributed by atoms with Crippen molar-refractivity contribution in [3.8, 4) is 11.5 Å². The van der Waals surface area contributed by atoms with E-state index >= 15 is 0 Å². The summed E-state index contributed by atoms with van der Waals surface area (Å²) in [5, 5.41) is 15.2. The molecule has 2 heterocycles. The van der Waals surface area contributed by atoms with Gasteiger partial charge in [-0.3, -0.25) is 0 Å². The first-order chi connectivity index (χ1) is 7.24. The molecule has 0 radical (unpaired) electrons. The smallest absolute Gasteiger partial charge is 0.199 e. The molecule has 0 amide bonds. The fraction of sp³-hybridized carbons (Fsp3) is 0.500. The lowest BCUT2D eigenvalue weighted by molar-refractivity contribution is 0.310. The summed E-state index contributed by atoms with van der Waals surface area (Å²) in [5.74, 6) is 1.67. The Hall–Kier alpha value is -1.92. The van der Waals surface area contributed by atoms with E-state index in [-0.39, 0.29) is 5.82 Å². The topological polar surface area (TPSA) is 95.6 Å². The first-order valence-corrected chi connectivity index (χ1v) is 4.72. The number of nitrogens with two attached hydrogens (primary N) is 1. The van der Waals surface area contributed by atoms with Crippen molar-refractivity contribution < 1.29 is 4.63 Å². The number of anilines is 1. The molecule has 2 aromatic rings. The minimum absolute atomic E-state index is 0.236. The molecule has 2 aromatic heterocycles. The molecule has 2 N–H and O–H groups in total. The van der Waals surface area contributed by atoms with Crippen molar-refractivity contribution in [2.75, 3.05) is 5.73 Å². The first-order valence-electron chi connectivity index (χ1n) is 4.72. The van der Waals surface area contributed by atoms with Crippen LogP contribution in [-0.2, 0) is 6.54 Å². The van der Waals surface area contributed by atoms with Crippen LogP contribution in [0.5, 0.6) is 0 Å². The van der Waals surface area contributed by atoms with Crippen molar-refractivity contribution in [2.24, 2.45) is 0 Å². The zero-order valence-corrected chi connectivity index (χ0v) is 8.64. The third kappa shape index (κ3) is 1.56. The van der Waals surface area contributed by atoms with E-state index < -0.39 is 0 Å². The molecule has 0 spiro atoms. The summed E-state index contributed by atoms with van der Waals surface area (Å²) in [5.41, 5.74) is 6.05. The molecule has 0 aliphatic heterocycles. The van der Waals surface area contributed by atoms with Gasteiger partial charge in [0.1, 0.15) is 5.82 Å². The van der Waals surface area contributed by atoms with Crippen LogP contribution in [0.4, 0.5) is 5.82 Å². The van der Waals surface area contributed by atoms with Crippen molar-refractivity contribution in [1.82, 2.24) is 25.1 Å². The Morgan fingerprint density at radius 2 is 2.13 bits per heavy atom. The summed E-state index contributed by atoms with van der Waals surface area (Å²) < 4.78 is 6.48. The molecule has 0 fully saturated rings. The molecule has 0 bridgehead atoms. The number of aromatic nitrogens is 5. The predicted octanol–water partition coefficient (Wildman–Crippen LogP) is 0.629. The van der Waals surface area contributed by atoms with E-state index in [1.54, 1.807) is 0 Å². The van der Waals surface area contributed by atoms with E-state index in [0.29, 0.717) is 11.5 Å². The van der Waals surface area contributed by atoms with E-state index in [0.717, 1.165) is 18.8 Å². The highest BCUT2D eigenvalue weighted by molar-refractivity contribution is 5.62. The highest BCUT2D eigenvalue weighted by atomic mass is 16.6. The third-order valence-electron chi connectivity index (χ3n) is 2.11. The van der Waals surface area contributed by atoms with E-state index in [1.807, 2.05) is 11.5 Å². The first kappa shape index (κ1) is 9.63. The molecule has 7 nitrogen and oxygen atoms in total. The van der Waals surface area contributed by atoms with E-state index in [1.165, 1.54) is 0 Å². The Balaban J connectivity index is 2.49. The molecular weight excluding hydrogens is 196 g/mol. The lowest BCUT2D eigenvalue weighted by Crippen LogP contribution is -2.03. The Morgan fingerprint density at radius 1 is 1.33 bits per heavy atom. The molecule has 80 valence electrons. The number of rotatable bonds is 3. The minimum Gasteiger partial charge on any atom is -0.379 e. The molecule has 0 aliphatic carbocycles. The van der Waals surface area contributed by atoms with Gasteiger partial charge in [-0.15, -0.1) is 10.2 Å². The maximum atomic E-state index is 5.60. The van der Waals surface area contributed by atoms with E-state index in [4.69, 9.17) is 5.73 Å². The van der Waals surface area contributed by atoms with Gasteiger partial charge < -0.3 is 10.3 Å². The van der Waals surface area contributed by atoms with Gasteiger partial charge in [0.05, 0.1) is 0 Å². The van der Waals surface area contributed by atoms with Gasteiger partial charge in [-0.05, 0) is 23.7 Å². The Morgan fingerprint density at radius 3 is 2.73 bits per heavy atom. The lowest BCUT2D eigenvalue weighted by Gasteiger charge is -2.03. The maximum absolute atomic E-state index is 5.60. The van der Waals surface area contributed by atoms with Crippen LogP contribution in [0.25, 0.3) is 11.5 Å². The molecule has 2 rings (SSSR count). The van der Waals surface area contributed by atoms with Crippen molar-refractivity contribution in [3.05, 3.63) is 5.82 Å². The number of nitrogens with zero attached hydrogens (tertiary/aromatic N) is 5. The summed E-state index contributed by atoms with van der Waals surface area (Å²) in [6, 6.07) is 0. The van der Waals surface area contributed by atoms with Crippen molar-refractivity contribution in [2.45, 2.75) is 26.8 Å². The van der Waals surface area contributed by atoms with Gasteiger partial charge in [0.2, 0.25) is 0 Å². The Kier molecular flexibility index (Phi) is 2.36. The van der Waals surface area contributed by atoms with Crippen molar-refractivity contribution >= 4 is 5.82 Å². The number of nitrogen functional groups attached to an aromatic ring is 1. The molecule has 0 aliphatic rings. The van der Waals surface area contributed by atoms with E-state index in [9.17, 15) is 0 Å². The second-order valence-electron chi connectivity index (χ2n) is 3.22. The second kappa shape index (κ2) is 3.68. The largest absolute Gasteiger partial charge is 0.379 e. The molecule has 0 aromatic carbocycles. The molecule has 0 unspecified atom stereocenters. The summed E-state index contributed by atoms with van der Waals surface area (Å²) in [7, 11) is 0. The monoisotopic (exact) mass is 208 g/mol. The van der Waals surface area contributed by atoms with Gasteiger partial charge in [-0.25, -0.2) is 4.63 Å². The maximum Gasteiger partial charge on any atom is 0.199 e. The van der Waals surface area contributed by atoms with Crippen LogP contribution in [0.3, 0.4) is 0 Å². The van der Waals surface area contributed by atoms with Gasteiger partial charge in [0, 0.05) is 6.54 Å². The molecule has 0 atom stereocenters. The zero-order valence-electron chi connectivity index (χ0n) is 8.64. The fourth-order valence-corrected chi connectivity index (χ4v) is 1.40. The summed E-state index contributed by atoms with van der Waals surface area (Å²) in [4.78, 5) is 0. The SMILES string of the molecule is CCCn1c(C)nnc1-c1nonc1N. The quantitative estimate of drug-likeness (QED) is 0.794. The van der Waals surface area contributed by atoms with E-state index in [2.05, 4.69) is 32.1 Å². The summed E-state index contributed by atoms with van der Waals surface area (Å²) >= 11 is 0. The van der Waals surface area contributed by atoms with Crippen LogP contribution in [0.15, 0.2) is 4.63 Å². The Labute approximate surface area is 86.3 Å². The number of hydrogen-bond donors (Lipinski definition) is 1. The predicted molar refractivity (Wildman–Crippen MR) is 52.8 cm³/mol. The third-order valence-corrected chi connectivity index (χ3v) is 2.11. The highest BCUT2D eigenvalue weighted by Gasteiger charge is 2.17. The van der Waals surface area contributed by atoms with Gasteiger partial charge >= 0.3 is 0 Å². The standard InChI is InChI=1S/C8H12N6O/c1-3-4-14-5(2)10-11-8(14)6-7(9)13-15-12-6/h3-4H2,1-2H3,(H2,9,13). The minimum atomic E-state index is 0.236. The van der Waals surface area contributed by atoms with Gasteiger partial charge in [0.15, 0.2) is 17.3 Å². The molecular formula is C8H12N6O. The molecule has 7 heteroatoms. The number of hydrogen-bond acceptors (Lipinski definition) is 6. The van der Waals surface area contributed by atoms with Crippen LogP contribution >= 0.6 is 0 Å². The normalized spacial score (nSPS) is 10.8. The molecule has 0 saturated heterocycles. The van der Waals surface area contributed by atoms with Crippen LogP contribution in [0, 0.1) is 6.92 Å². The Bertz CT molecular complexity index is 459. The van der Waals surface area contributed by atoms with Gasteiger partial charge in [-0.1, -0.05) is 6.92 Å². The average molecular weight is 208 g/mol. The second-order valence-corrected chi connectivity index (χ2v) is 3.22. The molecule has 15 heavy (non-hydrogen) atoms. The average Bonchev–Trinajstić information content (AvgIpc) is 2.76. The van der Waals surface area contributed by atoms with Crippen LogP contribution in [0.2, 0.25) is 0 Å². The highest BCUT2D eigenvalue weighted by Crippen LogP contribution is 2.20. The fourth-order valence-electron chi connectivity index (χ4n) is 1.40. The number of aryl methyl sites for hydroxylation is 1.